The molecule has 1 aliphatic heterocycles. The molecule has 0 radical (unpaired) electrons. The van der Waals surface area contributed by atoms with E-state index in [4.69, 9.17) is 11.6 Å². The normalized spacial score (nSPS) is 15.3. The van der Waals surface area contributed by atoms with Gasteiger partial charge in [0.15, 0.2) is 0 Å². The van der Waals surface area contributed by atoms with Gasteiger partial charge >= 0.3 is 0 Å². The molecule has 2 heterocycles. The Morgan fingerprint density at radius 2 is 1.73 bits per heavy atom. The predicted molar refractivity (Wildman–Crippen MR) is 104 cm³/mol. The Balaban J connectivity index is 1.42. The summed E-state index contributed by atoms with van der Waals surface area (Å²) in [4.78, 5) is 21.4. The van der Waals surface area contributed by atoms with Crippen LogP contribution in [0.2, 0.25) is 5.15 Å². The number of amides is 1. The van der Waals surface area contributed by atoms with Crippen LogP contribution in [-0.4, -0.2) is 46.9 Å². The van der Waals surface area contributed by atoms with Gasteiger partial charge in [-0.05, 0) is 28.5 Å². The summed E-state index contributed by atoms with van der Waals surface area (Å²) in [5.74, 6) is 0.120. The van der Waals surface area contributed by atoms with Crippen molar-refractivity contribution in [3.05, 3.63) is 77.1 Å². The second-order valence-electron chi connectivity index (χ2n) is 6.58. The lowest BCUT2D eigenvalue weighted by Gasteiger charge is -2.35. The van der Waals surface area contributed by atoms with Crippen LogP contribution < -0.4 is 0 Å². The fourth-order valence-electron chi connectivity index (χ4n) is 3.45. The van der Waals surface area contributed by atoms with E-state index in [0.717, 1.165) is 54.6 Å². The summed E-state index contributed by atoms with van der Waals surface area (Å²) in [6, 6.07) is 17.8. The van der Waals surface area contributed by atoms with Gasteiger partial charge in [-0.1, -0.05) is 54.1 Å². The summed E-state index contributed by atoms with van der Waals surface area (Å²) in [5, 5.41) is 2.64. The average molecular weight is 366 g/mol. The fraction of sp³-hybridized carbons (Fsp3) is 0.238. The summed E-state index contributed by atoms with van der Waals surface area (Å²) < 4.78 is 0. The van der Waals surface area contributed by atoms with Crippen molar-refractivity contribution in [1.29, 1.82) is 0 Å². The Labute approximate surface area is 158 Å². The van der Waals surface area contributed by atoms with Crippen molar-refractivity contribution >= 4 is 28.3 Å². The first kappa shape index (κ1) is 17.0. The van der Waals surface area contributed by atoms with Gasteiger partial charge in [0, 0.05) is 44.5 Å². The summed E-state index contributed by atoms with van der Waals surface area (Å²) in [6.07, 6.45) is 1.82. The van der Waals surface area contributed by atoms with Gasteiger partial charge in [-0.15, -0.1) is 0 Å². The van der Waals surface area contributed by atoms with Crippen LogP contribution in [0, 0.1) is 0 Å². The van der Waals surface area contributed by atoms with Gasteiger partial charge in [0.05, 0.1) is 0 Å². The largest absolute Gasteiger partial charge is 0.336 e. The molecule has 1 aliphatic rings. The van der Waals surface area contributed by atoms with Crippen LogP contribution in [0.15, 0.2) is 60.8 Å². The third-order valence-corrected chi connectivity index (χ3v) is 5.10. The summed E-state index contributed by atoms with van der Waals surface area (Å²) in [5.41, 5.74) is 1.93. The Morgan fingerprint density at radius 1 is 0.962 bits per heavy atom. The van der Waals surface area contributed by atoms with Crippen LogP contribution in [0.5, 0.6) is 0 Å². The monoisotopic (exact) mass is 365 g/mol. The molecule has 4 rings (SSSR count). The zero-order valence-electron chi connectivity index (χ0n) is 14.4. The lowest BCUT2D eigenvalue weighted by molar-refractivity contribution is 0.0630. The molecule has 0 saturated carbocycles. The van der Waals surface area contributed by atoms with Crippen LogP contribution in [-0.2, 0) is 6.54 Å². The number of hydrogen-bond acceptors (Lipinski definition) is 3. The number of carbonyl (C=O) groups excluding carboxylic acids is 1. The number of nitrogens with zero attached hydrogens (tertiary/aromatic N) is 3. The Kier molecular flexibility index (Phi) is 4.87. The predicted octanol–water partition coefficient (Wildman–Crippen LogP) is 3.85. The number of rotatable bonds is 3. The van der Waals surface area contributed by atoms with Crippen LogP contribution in [0.3, 0.4) is 0 Å². The number of carbonyl (C=O) groups is 1. The first-order valence-corrected chi connectivity index (χ1v) is 9.18. The van der Waals surface area contributed by atoms with Crippen molar-refractivity contribution in [2.75, 3.05) is 26.2 Å². The van der Waals surface area contributed by atoms with Gasteiger partial charge in [0.25, 0.3) is 5.91 Å². The number of halogens is 1. The highest BCUT2D eigenvalue weighted by Crippen LogP contribution is 2.21. The first-order chi connectivity index (χ1) is 12.7. The van der Waals surface area contributed by atoms with Crippen molar-refractivity contribution in [3.63, 3.8) is 0 Å². The summed E-state index contributed by atoms with van der Waals surface area (Å²) in [7, 11) is 0. The molecule has 1 amide bonds. The van der Waals surface area contributed by atoms with E-state index in [9.17, 15) is 4.79 Å². The minimum atomic E-state index is 0.120. The van der Waals surface area contributed by atoms with Gasteiger partial charge < -0.3 is 4.90 Å². The van der Waals surface area contributed by atoms with Crippen molar-refractivity contribution < 1.29 is 4.79 Å². The smallest absolute Gasteiger partial charge is 0.254 e. The molecule has 5 heteroatoms. The van der Waals surface area contributed by atoms with Crippen molar-refractivity contribution in [2.45, 2.75) is 6.54 Å². The van der Waals surface area contributed by atoms with Gasteiger partial charge in [-0.2, -0.15) is 0 Å². The van der Waals surface area contributed by atoms with Crippen molar-refractivity contribution in [1.82, 2.24) is 14.8 Å². The highest BCUT2D eigenvalue weighted by atomic mass is 35.5. The van der Waals surface area contributed by atoms with E-state index in [2.05, 4.69) is 9.88 Å². The minimum absolute atomic E-state index is 0.120. The summed E-state index contributed by atoms with van der Waals surface area (Å²) in [6.45, 7) is 4.03. The van der Waals surface area contributed by atoms with Crippen LogP contribution in [0.4, 0.5) is 0 Å². The Hall–Kier alpha value is -2.43. The Morgan fingerprint density at radius 3 is 2.50 bits per heavy atom. The van der Waals surface area contributed by atoms with E-state index in [1.54, 1.807) is 0 Å². The van der Waals surface area contributed by atoms with E-state index in [1.165, 1.54) is 0 Å². The molecule has 0 N–H and O–H groups in total. The third-order valence-electron chi connectivity index (χ3n) is 4.87. The SMILES string of the molecule is O=C(c1cccc2ccccc12)N1CCN(Cc2ccc(Cl)nc2)CC1. The van der Waals surface area contributed by atoms with E-state index in [-0.39, 0.29) is 5.91 Å². The maximum absolute atomic E-state index is 13.0. The maximum atomic E-state index is 13.0. The second kappa shape index (κ2) is 7.44. The van der Waals surface area contributed by atoms with E-state index < -0.39 is 0 Å². The topological polar surface area (TPSA) is 36.4 Å². The molecule has 2 aromatic carbocycles. The number of aromatic nitrogens is 1. The molecule has 0 unspecified atom stereocenters. The van der Waals surface area contributed by atoms with E-state index >= 15 is 0 Å². The second-order valence-corrected chi connectivity index (χ2v) is 6.97. The molecule has 26 heavy (non-hydrogen) atoms. The zero-order chi connectivity index (χ0) is 17.9. The maximum Gasteiger partial charge on any atom is 0.254 e. The Bertz CT molecular complexity index is 913. The third kappa shape index (κ3) is 3.57. The molecular weight excluding hydrogens is 346 g/mol. The van der Waals surface area contributed by atoms with Gasteiger partial charge in [0.1, 0.15) is 5.15 Å². The average Bonchev–Trinajstić information content (AvgIpc) is 2.69. The van der Waals surface area contributed by atoms with Gasteiger partial charge in [-0.25, -0.2) is 4.98 Å². The van der Waals surface area contributed by atoms with Crippen molar-refractivity contribution in [3.8, 4) is 0 Å². The van der Waals surface area contributed by atoms with Gasteiger partial charge in [-0.3, -0.25) is 9.69 Å². The zero-order valence-corrected chi connectivity index (χ0v) is 15.2. The molecule has 1 aromatic heterocycles. The number of benzene rings is 2. The molecule has 0 aliphatic carbocycles. The number of pyridine rings is 1. The molecule has 3 aromatic rings. The highest BCUT2D eigenvalue weighted by molar-refractivity contribution is 6.29. The quantitative estimate of drug-likeness (QED) is 0.661. The standard InChI is InChI=1S/C21H20ClN3O/c22-20-9-8-16(14-23-20)15-24-10-12-25(13-11-24)21(26)19-7-3-5-17-4-1-2-6-18(17)19/h1-9,14H,10-13,15H2. The van der Waals surface area contributed by atoms with Crippen LogP contribution in [0.1, 0.15) is 15.9 Å². The van der Waals surface area contributed by atoms with Crippen molar-refractivity contribution in [2.24, 2.45) is 0 Å². The number of fused-ring (bicyclic) bond motifs is 1. The van der Waals surface area contributed by atoms with E-state index in [1.807, 2.05) is 65.7 Å². The molecule has 1 fully saturated rings. The molecule has 0 atom stereocenters. The number of piperazine rings is 1. The highest BCUT2D eigenvalue weighted by Gasteiger charge is 2.23. The molecule has 1 saturated heterocycles. The molecule has 132 valence electrons. The lowest BCUT2D eigenvalue weighted by Crippen LogP contribution is -2.48. The fourth-order valence-corrected chi connectivity index (χ4v) is 3.56. The molecule has 0 spiro atoms. The molecule has 4 nitrogen and oxygen atoms in total. The van der Waals surface area contributed by atoms with Gasteiger partial charge in [0.2, 0.25) is 0 Å². The molecular formula is C21H20ClN3O. The number of hydrogen-bond donors (Lipinski definition) is 0. The minimum Gasteiger partial charge on any atom is -0.336 e. The first-order valence-electron chi connectivity index (χ1n) is 8.80. The lowest BCUT2D eigenvalue weighted by atomic mass is 10.0. The molecule has 0 bridgehead atoms. The van der Waals surface area contributed by atoms with Crippen LogP contribution in [0.25, 0.3) is 10.8 Å². The van der Waals surface area contributed by atoms with Crippen LogP contribution >= 0.6 is 11.6 Å². The van der Waals surface area contributed by atoms with E-state index in [0.29, 0.717) is 5.15 Å². The summed E-state index contributed by atoms with van der Waals surface area (Å²) >= 11 is 5.84.